The fraction of sp³-hybridized carbons (Fsp3) is 0.526. The molecule has 2 amide bonds. The molecule has 2 saturated heterocycles. The summed E-state index contributed by atoms with van der Waals surface area (Å²) in [5.41, 5.74) is 1.93. The average Bonchev–Trinajstić information content (AvgIpc) is 2.96. The molecule has 2 unspecified atom stereocenters. The van der Waals surface area contributed by atoms with Crippen molar-refractivity contribution in [1.29, 1.82) is 0 Å². The first-order valence-corrected chi connectivity index (χ1v) is 8.85. The number of urea groups is 1. The zero-order valence-corrected chi connectivity index (χ0v) is 14.3. The third-order valence-corrected chi connectivity index (χ3v) is 5.76. The second kappa shape index (κ2) is 6.13. The highest BCUT2D eigenvalue weighted by molar-refractivity contribution is 5.83. The lowest BCUT2D eigenvalue weighted by Gasteiger charge is -2.36. The molecule has 0 spiro atoms. The summed E-state index contributed by atoms with van der Waals surface area (Å²) >= 11 is 0. The second-order valence-electron chi connectivity index (χ2n) is 7.18. The van der Waals surface area contributed by atoms with Crippen molar-refractivity contribution in [2.24, 2.45) is 0 Å². The summed E-state index contributed by atoms with van der Waals surface area (Å²) in [6, 6.07) is 9.44. The van der Waals surface area contributed by atoms with E-state index in [9.17, 15) is 4.79 Å². The van der Waals surface area contributed by atoms with Gasteiger partial charge in [0.15, 0.2) is 0 Å². The standard InChI is InChI=1S/C19H25N3O2/c1-12-17(16-5-3-4-6-18(16)24-12)11-20-19(23)21-13-9-14-7-8-15(10-13)22(14)2/h3-6,13-15H,7-11H2,1-2H3,(H2,20,21,23). The molecule has 2 bridgehead atoms. The maximum Gasteiger partial charge on any atom is 0.315 e. The summed E-state index contributed by atoms with van der Waals surface area (Å²) in [4.78, 5) is 14.8. The van der Waals surface area contributed by atoms with E-state index in [0.717, 1.165) is 35.1 Å². The van der Waals surface area contributed by atoms with Crippen LogP contribution in [0.15, 0.2) is 28.7 Å². The lowest BCUT2D eigenvalue weighted by Crippen LogP contribution is -2.50. The van der Waals surface area contributed by atoms with E-state index in [1.807, 2.05) is 31.2 Å². The van der Waals surface area contributed by atoms with Gasteiger partial charge in [-0.2, -0.15) is 0 Å². The van der Waals surface area contributed by atoms with Crippen LogP contribution in [-0.4, -0.2) is 36.1 Å². The van der Waals surface area contributed by atoms with Crippen LogP contribution in [0.5, 0.6) is 0 Å². The van der Waals surface area contributed by atoms with E-state index in [4.69, 9.17) is 4.42 Å². The number of hydrogen-bond donors (Lipinski definition) is 2. The molecule has 3 heterocycles. The minimum atomic E-state index is -0.0753. The Morgan fingerprint density at radius 2 is 1.96 bits per heavy atom. The Morgan fingerprint density at radius 1 is 1.25 bits per heavy atom. The smallest absolute Gasteiger partial charge is 0.315 e. The van der Waals surface area contributed by atoms with Crippen molar-refractivity contribution in [3.8, 4) is 0 Å². The third-order valence-electron chi connectivity index (χ3n) is 5.76. The number of hydrogen-bond acceptors (Lipinski definition) is 3. The topological polar surface area (TPSA) is 57.5 Å². The number of benzene rings is 1. The van der Waals surface area contributed by atoms with Crippen LogP contribution in [0.1, 0.15) is 37.0 Å². The molecule has 2 aliphatic heterocycles. The number of piperidine rings is 1. The number of para-hydroxylation sites is 1. The summed E-state index contributed by atoms with van der Waals surface area (Å²) in [6.07, 6.45) is 4.66. The molecule has 24 heavy (non-hydrogen) atoms. The van der Waals surface area contributed by atoms with E-state index in [1.165, 1.54) is 12.8 Å². The van der Waals surface area contributed by atoms with Crippen molar-refractivity contribution >= 4 is 17.0 Å². The van der Waals surface area contributed by atoms with Crippen molar-refractivity contribution in [2.75, 3.05) is 7.05 Å². The Hall–Kier alpha value is -2.01. The van der Waals surface area contributed by atoms with Crippen LogP contribution < -0.4 is 10.6 Å². The molecule has 0 saturated carbocycles. The van der Waals surface area contributed by atoms with E-state index in [1.54, 1.807) is 0 Å². The Bertz CT molecular complexity index is 740. The zero-order valence-electron chi connectivity index (χ0n) is 14.3. The zero-order chi connectivity index (χ0) is 16.7. The molecule has 128 valence electrons. The monoisotopic (exact) mass is 327 g/mol. The Balaban J connectivity index is 1.36. The quantitative estimate of drug-likeness (QED) is 0.910. The molecule has 1 aromatic heterocycles. The van der Waals surface area contributed by atoms with Gasteiger partial charge in [0, 0.05) is 35.6 Å². The van der Waals surface area contributed by atoms with Crippen LogP contribution >= 0.6 is 0 Å². The number of amides is 2. The van der Waals surface area contributed by atoms with Crippen molar-refractivity contribution in [3.63, 3.8) is 0 Å². The molecule has 2 N–H and O–H groups in total. The molecule has 4 rings (SSSR count). The third kappa shape index (κ3) is 2.77. The van der Waals surface area contributed by atoms with Crippen LogP contribution in [0.3, 0.4) is 0 Å². The van der Waals surface area contributed by atoms with Crippen LogP contribution in [0.2, 0.25) is 0 Å². The van der Waals surface area contributed by atoms with Crippen molar-refractivity contribution in [2.45, 2.75) is 57.3 Å². The number of aryl methyl sites for hydroxylation is 1. The average molecular weight is 327 g/mol. The Kier molecular flexibility index (Phi) is 3.96. The van der Waals surface area contributed by atoms with Gasteiger partial charge < -0.3 is 20.0 Å². The van der Waals surface area contributed by atoms with Gasteiger partial charge in [-0.15, -0.1) is 0 Å². The molecule has 2 fully saturated rings. The highest BCUT2D eigenvalue weighted by atomic mass is 16.3. The Labute approximate surface area is 142 Å². The van der Waals surface area contributed by atoms with Crippen LogP contribution in [0.25, 0.3) is 11.0 Å². The number of furan rings is 1. The normalized spacial score (nSPS) is 26.7. The fourth-order valence-corrected chi connectivity index (χ4v) is 4.38. The van der Waals surface area contributed by atoms with Crippen molar-refractivity contribution in [3.05, 3.63) is 35.6 Å². The largest absolute Gasteiger partial charge is 0.461 e. The van der Waals surface area contributed by atoms with E-state index in [-0.39, 0.29) is 6.03 Å². The number of rotatable bonds is 3. The number of nitrogens with one attached hydrogen (secondary N) is 2. The van der Waals surface area contributed by atoms with Gasteiger partial charge in [0.05, 0.1) is 0 Å². The van der Waals surface area contributed by atoms with E-state index in [0.29, 0.717) is 24.7 Å². The predicted octanol–water partition coefficient (Wildman–Crippen LogP) is 3.17. The van der Waals surface area contributed by atoms with Gasteiger partial charge in [-0.3, -0.25) is 0 Å². The van der Waals surface area contributed by atoms with Gasteiger partial charge in [0.2, 0.25) is 0 Å². The highest BCUT2D eigenvalue weighted by Gasteiger charge is 2.38. The summed E-state index contributed by atoms with van der Waals surface area (Å²) in [7, 11) is 2.21. The molecular weight excluding hydrogens is 302 g/mol. The number of nitrogens with zero attached hydrogens (tertiary/aromatic N) is 1. The first-order valence-electron chi connectivity index (χ1n) is 8.85. The minimum absolute atomic E-state index is 0.0753. The molecule has 2 atom stereocenters. The van der Waals surface area contributed by atoms with Gasteiger partial charge in [0.1, 0.15) is 11.3 Å². The molecule has 5 heteroatoms. The first-order chi connectivity index (χ1) is 11.6. The molecule has 5 nitrogen and oxygen atoms in total. The predicted molar refractivity (Wildman–Crippen MR) is 93.9 cm³/mol. The molecular formula is C19H25N3O2. The van der Waals surface area contributed by atoms with Crippen LogP contribution in [0, 0.1) is 6.92 Å². The molecule has 0 radical (unpaired) electrons. The van der Waals surface area contributed by atoms with Gasteiger partial charge >= 0.3 is 6.03 Å². The summed E-state index contributed by atoms with van der Waals surface area (Å²) in [5.74, 6) is 0.869. The van der Waals surface area contributed by atoms with Crippen LogP contribution in [0.4, 0.5) is 4.79 Å². The van der Waals surface area contributed by atoms with E-state index < -0.39 is 0 Å². The van der Waals surface area contributed by atoms with Gasteiger partial charge in [-0.1, -0.05) is 18.2 Å². The minimum Gasteiger partial charge on any atom is -0.461 e. The second-order valence-corrected chi connectivity index (χ2v) is 7.18. The maximum atomic E-state index is 12.3. The summed E-state index contributed by atoms with van der Waals surface area (Å²) in [5, 5.41) is 7.24. The molecule has 2 aliphatic rings. The fourth-order valence-electron chi connectivity index (χ4n) is 4.38. The SMILES string of the molecule is Cc1oc2ccccc2c1CNC(=O)NC1CC2CCC(C1)N2C. The molecule has 1 aromatic carbocycles. The number of carbonyl (C=O) groups is 1. The van der Waals surface area contributed by atoms with Crippen molar-refractivity contribution in [1.82, 2.24) is 15.5 Å². The maximum absolute atomic E-state index is 12.3. The van der Waals surface area contributed by atoms with Gasteiger partial charge in [-0.25, -0.2) is 4.79 Å². The Morgan fingerprint density at radius 3 is 2.71 bits per heavy atom. The van der Waals surface area contributed by atoms with E-state index >= 15 is 0 Å². The van der Waals surface area contributed by atoms with Gasteiger partial charge in [-0.05, 0) is 45.7 Å². The van der Waals surface area contributed by atoms with Crippen LogP contribution in [-0.2, 0) is 6.54 Å². The lowest BCUT2D eigenvalue weighted by molar-refractivity contribution is 0.149. The number of carbonyl (C=O) groups excluding carboxylic acids is 1. The number of fused-ring (bicyclic) bond motifs is 3. The van der Waals surface area contributed by atoms with Crippen molar-refractivity contribution < 1.29 is 9.21 Å². The van der Waals surface area contributed by atoms with Gasteiger partial charge in [0.25, 0.3) is 0 Å². The molecule has 0 aliphatic carbocycles. The molecule has 2 aromatic rings. The summed E-state index contributed by atoms with van der Waals surface area (Å²) < 4.78 is 5.75. The summed E-state index contributed by atoms with van der Waals surface area (Å²) in [6.45, 7) is 2.44. The van der Waals surface area contributed by atoms with E-state index in [2.05, 4.69) is 22.6 Å². The first kappa shape index (κ1) is 15.5. The highest BCUT2D eigenvalue weighted by Crippen LogP contribution is 2.34. The lowest BCUT2D eigenvalue weighted by atomic mass is 9.98.